The lowest BCUT2D eigenvalue weighted by atomic mass is 10.1. The minimum absolute atomic E-state index is 0.0652. The van der Waals surface area contributed by atoms with Crippen LogP contribution >= 0.6 is 12.2 Å². The maximum atomic E-state index is 12.4. The molecule has 1 heterocycles. The van der Waals surface area contributed by atoms with Gasteiger partial charge in [0.05, 0.1) is 29.5 Å². The number of rotatable bonds is 4. The van der Waals surface area contributed by atoms with Crippen molar-refractivity contribution in [2.24, 2.45) is 5.73 Å². The highest BCUT2D eigenvalue weighted by Crippen LogP contribution is 2.24. The van der Waals surface area contributed by atoms with Crippen LogP contribution in [0.15, 0.2) is 18.5 Å². The van der Waals surface area contributed by atoms with Crippen LogP contribution in [0.25, 0.3) is 0 Å². The number of carbonyl (C=O) groups is 1. The molecule has 1 saturated carbocycles. The van der Waals surface area contributed by atoms with Crippen LogP contribution in [0.3, 0.4) is 0 Å². The van der Waals surface area contributed by atoms with E-state index in [0.717, 1.165) is 25.7 Å². The van der Waals surface area contributed by atoms with E-state index in [0.29, 0.717) is 17.1 Å². The topological polar surface area (TPSA) is 72.1 Å². The molecule has 0 bridgehead atoms. The summed E-state index contributed by atoms with van der Waals surface area (Å²) in [4.78, 5) is 14.5. The third-order valence-corrected chi connectivity index (χ3v) is 3.31. The van der Waals surface area contributed by atoms with Crippen LogP contribution in [0.1, 0.15) is 36.0 Å². The van der Waals surface area contributed by atoms with Crippen molar-refractivity contribution in [1.82, 2.24) is 15.1 Å². The Morgan fingerprint density at radius 3 is 2.72 bits per heavy atom. The Bertz CT molecular complexity index is 431. The molecule has 0 unspecified atom stereocenters. The summed E-state index contributed by atoms with van der Waals surface area (Å²) in [6, 6.07) is 1.91. The van der Waals surface area contributed by atoms with Gasteiger partial charge in [0.1, 0.15) is 0 Å². The van der Waals surface area contributed by atoms with Gasteiger partial charge in [0.15, 0.2) is 0 Å². The van der Waals surface area contributed by atoms with Crippen LogP contribution in [0.4, 0.5) is 0 Å². The Morgan fingerprint density at radius 2 is 2.17 bits per heavy atom. The quantitative estimate of drug-likeness (QED) is 0.826. The first-order valence-corrected chi connectivity index (χ1v) is 6.45. The summed E-state index contributed by atoms with van der Waals surface area (Å²) < 4.78 is 0. The molecule has 2 rings (SSSR count). The van der Waals surface area contributed by atoms with Crippen molar-refractivity contribution in [2.45, 2.75) is 31.7 Å². The predicted molar refractivity (Wildman–Crippen MR) is 72.1 cm³/mol. The maximum absolute atomic E-state index is 12.4. The molecule has 5 nitrogen and oxygen atoms in total. The number of aromatic nitrogens is 2. The summed E-state index contributed by atoms with van der Waals surface area (Å²) in [5.41, 5.74) is 6.12. The smallest absolute Gasteiger partial charge is 0.256 e. The summed E-state index contributed by atoms with van der Waals surface area (Å²) >= 11 is 4.93. The third-order valence-electron chi connectivity index (χ3n) is 3.18. The van der Waals surface area contributed by atoms with Crippen molar-refractivity contribution < 1.29 is 4.79 Å². The average molecular weight is 264 g/mol. The molecule has 1 aliphatic carbocycles. The fraction of sp³-hybridized carbons (Fsp3) is 0.500. The molecule has 1 amide bonds. The molecule has 1 aliphatic rings. The molecule has 1 aromatic rings. The van der Waals surface area contributed by atoms with E-state index < -0.39 is 0 Å². The molecule has 18 heavy (non-hydrogen) atoms. The standard InChI is InChI=1S/C12H16N4OS/c13-11(18)8-16(10-3-1-2-4-10)12(17)9-5-6-14-15-7-9/h5-7,10H,1-4,8H2,(H2,13,18). The van der Waals surface area contributed by atoms with E-state index in [1.807, 2.05) is 0 Å². The van der Waals surface area contributed by atoms with Gasteiger partial charge in [-0.1, -0.05) is 25.1 Å². The molecule has 2 N–H and O–H groups in total. The lowest BCUT2D eigenvalue weighted by Gasteiger charge is -2.28. The number of hydrogen-bond donors (Lipinski definition) is 1. The first-order valence-electron chi connectivity index (χ1n) is 6.04. The van der Waals surface area contributed by atoms with E-state index in [2.05, 4.69) is 10.2 Å². The number of carbonyl (C=O) groups excluding carboxylic acids is 1. The van der Waals surface area contributed by atoms with Crippen molar-refractivity contribution in [3.8, 4) is 0 Å². The van der Waals surface area contributed by atoms with Crippen LogP contribution in [0, 0.1) is 0 Å². The second kappa shape index (κ2) is 5.86. The number of hydrogen-bond acceptors (Lipinski definition) is 4. The van der Waals surface area contributed by atoms with Crippen LogP contribution in [-0.2, 0) is 0 Å². The summed E-state index contributed by atoms with van der Waals surface area (Å²) in [7, 11) is 0. The van der Waals surface area contributed by atoms with Gasteiger partial charge < -0.3 is 10.6 Å². The van der Waals surface area contributed by atoms with E-state index in [1.54, 1.807) is 11.0 Å². The molecule has 1 aromatic heterocycles. The third kappa shape index (κ3) is 3.01. The molecule has 0 atom stereocenters. The van der Waals surface area contributed by atoms with Crippen molar-refractivity contribution in [1.29, 1.82) is 0 Å². The maximum Gasteiger partial charge on any atom is 0.256 e. The van der Waals surface area contributed by atoms with E-state index in [1.165, 1.54) is 12.4 Å². The van der Waals surface area contributed by atoms with Crippen LogP contribution in [-0.4, -0.2) is 38.6 Å². The minimum Gasteiger partial charge on any atom is -0.392 e. The number of nitrogens with two attached hydrogens (primary N) is 1. The Labute approximate surface area is 111 Å². The molecular formula is C12H16N4OS. The summed E-state index contributed by atoms with van der Waals surface area (Å²) in [6.07, 6.45) is 7.34. The van der Waals surface area contributed by atoms with Crippen molar-refractivity contribution >= 4 is 23.1 Å². The van der Waals surface area contributed by atoms with E-state index >= 15 is 0 Å². The highest BCUT2D eigenvalue weighted by Gasteiger charge is 2.27. The van der Waals surface area contributed by atoms with Crippen LogP contribution in [0.5, 0.6) is 0 Å². The van der Waals surface area contributed by atoms with Gasteiger partial charge in [-0.2, -0.15) is 10.2 Å². The molecule has 0 saturated heterocycles. The second-order valence-electron chi connectivity index (χ2n) is 4.47. The monoisotopic (exact) mass is 264 g/mol. The fourth-order valence-corrected chi connectivity index (χ4v) is 2.47. The summed E-state index contributed by atoms with van der Waals surface area (Å²) in [5.74, 6) is -0.0652. The van der Waals surface area contributed by atoms with E-state index in [9.17, 15) is 4.79 Å². The van der Waals surface area contributed by atoms with Crippen LogP contribution < -0.4 is 5.73 Å². The zero-order valence-corrected chi connectivity index (χ0v) is 10.9. The lowest BCUT2D eigenvalue weighted by Crippen LogP contribution is -2.43. The first kappa shape index (κ1) is 12.9. The predicted octanol–water partition coefficient (Wildman–Crippen LogP) is 1.15. The van der Waals surface area contributed by atoms with Gasteiger partial charge in [0.2, 0.25) is 0 Å². The minimum atomic E-state index is -0.0652. The summed E-state index contributed by atoms with van der Waals surface area (Å²) in [5, 5.41) is 7.41. The molecule has 0 spiro atoms. The zero-order valence-electron chi connectivity index (χ0n) is 10.1. The lowest BCUT2D eigenvalue weighted by molar-refractivity contribution is 0.0714. The Balaban J connectivity index is 2.17. The van der Waals surface area contributed by atoms with Crippen molar-refractivity contribution in [2.75, 3.05) is 6.54 Å². The zero-order chi connectivity index (χ0) is 13.0. The van der Waals surface area contributed by atoms with Gasteiger partial charge in [-0.15, -0.1) is 0 Å². The largest absolute Gasteiger partial charge is 0.392 e. The Kier molecular flexibility index (Phi) is 4.19. The van der Waals surface area contributed by atoms with Crippen LogP contribution in [0.2, 0.25) is 0 Å². The SMILES string of the molecule is NC(=S)CN(C(=O)c1ccnnc1)C1CCCC1. The van der Waals surface area contributed by atoms with Crippen molar-refractivity contribution in [3.05, 3.63) is 24.0 Å². The molecule has 1 fully saturated rings. The molecular weight excluding hydrogens is 248 g/mol. The Morgan fingerprint density at radius 1 is 1.44 bits per heavy atom. The highest BCUT2D eigenvalue weighted by molar-refractivity contribution is 7.80. The van der Waals surface area contributed by atoms with E-state index in [-0.39, 0.29) is 11.9 Å². The number of nitrogens with zero attached hydrogens (tertiary/aromatic N) is 3. The molecule has 96 valence electrons. The Hall–Kier alpha value is -1.56. The molecule has 0 radical (unpaired) electrons. The molecule has 0 aliphatic heterocycles. The number of thiocarbonyl (C=S) groups is 1. The fourth-order valence-electron chi connectivity index (χ4n) is 2.33. The molecule has 0 aromatic carbocycles. The van der Waals surface area contributed by atoms with Gasteiger partial charge in [-0.25, -0.2) is 0 Å². The van der Waals surface area contributed by atoms with Gasteiger partial charge in [-0.05, 0) is 18.9 Å². The summed E-state index contributed by atoms with van der Waals surface area (Å²) in [6.45, 7) is 0.334. The van der Waals surface area contributed by atoms with E-state index in [4.69, 9.17) is 18.0 Å². The van der Waals surface area contributed by atoms with Gasteiger partial charge in [0, 0.05) is 6.04 Å². The normalized spacial score (nSPS) is 15.6. The van der Waals surface area contributed by atoms with Gasteiger partial charge in [-0.3, -0.25) is 4.79 Å². The van der Waals surface area contributed by atoms with Crippen molar-refractivity contribution in [3.63, 3.8) is 0 Å². The van der Waals surface area contributed by atoms with Gasteiger partial charge >= 0.3 is 0 Å². The average Bonchev–Trinajstić information content (AvgIpc) is 2.89. The number of amides is 1. The molecule has 6 heteroatoms. The first-order chi connectivity index (χ1) is 8.68. The highest BCUT2D eigenvalue weighted by atomic mass is 32.1. The van der Waals surface area contributed by atoms with Gasteiger partial charge in [0.25, 0.3) is 5.91 Å². The second-order valence-corrected chi connectivity index (χ2v) is 4.99.